The molecule has 14 aromatic rings. The summed E-state index contributed by atoms with van der Waals surface area (Å²) in [5.74, 6) is 0. The van der Waals surface area contributed by atoms with E-state index in [-0.39, 0.29) is 0 Å². The third-order valence-electron chi connectivity index (χ3n) is 14.2. The molecule has 0 spiro atoms. The van der Waals surface area contributed by atoms with Crippen molar-refractivity contribution >= 4 is 93.1 Å². The van der Waals surface area contributed by atoms with Crippen LogP contribution >= 0.6 is 0 Å². The Morgan fingerprint density at radius 1 is 0.275 bits per heavy atom. The summed E-state index contributed by atoms with van der Waals surface area (Å²) in [5, 5.41) is 11.9. The topological polar surface area (TPSA) is 21.3 Å². The molecule has 3 nitrogen and oxygen atoms in total. The maximum absolute atomic E-state index is 7.01. The highest BCUT2D eigenvalue weighted by atomic mass is 16.3. The Labute approximate surface area is 399 Å². The van der Waals surface area contributed by atoms with Crippen LogP contribution in [-0.4, -0.2) is 4.57 Å². The summed E-state index contributed by atoms with van der Waals surface area (Å²) in [7, 11) is 0. The number of hydrogen-bond donors (Lipinski definition) is 0. The molecule has 0 aliphatic carbocycles. The van der Waals surface area contributed by atoms with E-state index >= 15 is 0 Å². The second-order valence-electron chi connectivity index (χ2n) is 18.0. The zero-order chi connectivity index (χ0) is 45.4. The van der Waals surface area contributed by atoms with Gasteiger partial charge >= 0.3 is 0 Å². The van der Waals surface area contributed by atoms with Crippen LogP contribution < -0.4 is 4.90 Å². The van der Waals surface area contributed by atoms with Gasteiger partial charge in [-0.15, -0.1) is 0 Å². The van der Waals surface area contributed by atoms with Gasteiger partial charge in [0.2, 0.25) is 0 Å². The lowest BCUT2D eigenvalue weighted by Crippen LogP contribution is -2.10. The van der Waals surface area contributed by atoms with E-state index in [4.69, 9.17) is 4.42 Å². The Morgan fingerprint density at radius 3 is 1.62 bits per heavy atom. The van der Waals surface area contributed by atoms with Crippen molar-refractivity contribution in [3.05, 3.63) is 255 Å². The van der Waals surface area contributed by atoms with Crippen molar-refractivity contribution < 1.29 is 4.42 Å². The fourth-order valence-electron chi connectivity index (χ4n) is 10.9. The fraction of sp³-hybridized carbons (Fsp3) is 0. The number of furan rings is 1. The van der Waals surface area contributed by atoms with Crippen LogP contribution in [0.25, 0.3) is 115 Å². The van der Waals surface area contributed by atoms with Gasteiger partial charge in [-0.25, -0.2) is 0 Å². The standard InChI is InChI=1S/C66H42N2O/c1-2-14-43(15-3-1)44-28-30-45(31-29-44)46-32-36-51(37-33-46)67(63-27-13-25-58-59-38-34-47-16-4-7-21-54(47)65(59)69-66(58)63)52-19-12-18-48(40-52)49-35-39-62-60(41-49)57-24-10-11-26-61(57)68(62)64-42-50-17-5-6-20-53(50)55-22-8-9-23-56(55)64/h1-42H. The predicted molar refractivity (Wildman–Crippen MR) is 292 cm³/mol. The molecule has 0 saturated heterocycles. The molecule has 322 valence electrons. The largest absolute Gasteiger partial charge is 0.453 e. The molecule has 12 aromatic carbocycles. The summed E-state index contributed by atoms with van der Waals surface area (Å²) in [4.78, 5) is 2.36. The first kappa shape index (κ1) is 39.0. The van der Waals surface area contributed by atoms with Crippen molar-refractivity contribution in [2.24, 2.45) is 0 Å². The second-order valence-corrected chi connectivity index (χ2v) is 18.0. The van der Waals surface area contributed by atoms with E-state index in [1.54, 1.807) is 0 Å². The lowest BCUT2D eigenvalue weighted by molar-refractivity contribution is 0.673. The van der Waals surface area contributed by atoms with Crippen molar-refractivity contribution in [1.29, 1.82) is 0 Å². The first-order valence-electron chi connectivity index (χ1n) is 23.7. The molecule has 14 rings (SSSR count). The van der Waals surface area contributed by atoms with Gasteiger partial charge in [-0.05, 0) is 116 Å². The lowest BCUT2D eigenvalue weighted by Gasteiger charge is -2.26. The van der Waals surface area contributed by atoms with Crippen LogP contribution in [0, 0.1) is 0 Å². The van der Waals surface area contributed by atoms with Gasteiger partial charge in [0.1, 0.15) is 5.58 Å². The van der Waals surface area contributed by atoms with Gasteiger partial charge in [-0.1, -0.05) is 194 Å². The van der Waals surface area contributed by atoms with E-state index in [1.807, 2.05) is 0 Å². The molecule has 0 N–H and O–H groups in total. The number of anilines is 3. The lowest BCUT2D eigenvalue weighted by atomic mass is 9.99. The van der Waals surface area contributed by atoms with Gasteiger partial charge in [-0.3, -0.25) is 0 Å². The molecule has 3 heteroatoms. The van der Waals surface area contributed by atoms with Crippen molar-refractivity contribution in [2.75, 3.05) is 4.90 Å². The van der Waals surface area contributed by atoms with Gasteiger partial charge in [-0.2, -0.15) is 0 Å². The molecule has 2 heterocycles. The molecule has 0 unspecified atom stereocenters. The van der Waals surface area contributed by atoms with E-state index in [0.717, 1.165) is 66.5 Å². The van der Waals surface area contributed by atoms with Crippen molar-refractivity contribution in [1.82, 2.24) is 4.57 Å². The van der Waals surface area contributed by atoms with Gasteiger partial charge in [0, 0.05) is 43.7 Å². The van der Waals surface area contributed by atoms with Crippen LogP contribution in [0.3, 0.4) is 0 Å². The monoisotopic (exact) mass is 878 g/mol. The highest BCUT2D eigenvalue weighted by molar-refractivity contribution is 6.18. The minimum Gasteiger partial charge on any atom is -0.453 e. The normalized spacial score (nSPS) is 11.8. The van der Waals surface area contributed by atoms with Crippen LogP contribution in [-0.2, 0) is 0 Å². The predicted octanol–water partition coefficient (Wildman–Crippen LogP) is 18.6. The maximum Gasteiger partial charge on any atom is 0.159 e. The molecule has 0 atom stereocenters. The highest BCUT2D eigenvalue weighted by Crippen LogP contribution is 2.45. The Kier molecular flexibility index (Phi) is 8.90. The van der Waals surface area contributed by atoms with Crippen molar-refractivity contribution in [3.8, 4) is 39.1 Å². The molecule has 0 bridgehead atoms. The summed E-state index contributed by atoms with van der Waals surface area (Å²) in [6.07, 6.45) is 0. The minimum atomic E-state index is 0.852. The van der Waals surface area contributed by atoms with Gasteiger partial charge < -0.3 is 13.9 Å². The van der Waals surface area contributed by atoms with E-state index in [0.29, 0.717) is 0 Å². The summed E-state index contributed by atoms with van der Waals surface area (Å²) < 4.78 is 9.47. The van der Waals surface area contributed by atoms with Gasteiger partial charge in [0.15, 0.2) is 5.58 Å². The third kappa shape index (κ3) is 6.36. The fourth-order valence-corrected chi connectivity index (χ4v) is 10.9. The summed E-state index contributed by atoms with van der Waals surface area (Å²) in [5.41, 5.74) is 15.4. The highest BCUT2D eigenvalue weighted by Gasteiger charge is 2.22. The summed E-state index contributed by atoms with van der Waals surface area (Å²) in [6, 6.07) is 92.4. The Bertz CT molecular complexity index is 4290. The van der Waals surface area contributed by atoms with Crippen LogP contribution in [0.4, 0.5) is 17.1 Å². The number of hydrogen-bond acceptors (Lipinski definition) is 2. The molecule has 2 aromatic heterocycles. The SMILES string of the molecule is c1ccc(-c2ccc(-c3ccc(N(c4cccc(-c5ccc6c(c5)c5ccccc5n6-c5cc6ccccc6c6ccccc56)c4)c4cccc5c4oc4c6ccccc6ccc54)cc3)cc2)cc1. The zero-order valence-electron chi connectivity index (χ0n) is 37.6. The molecular weight excluding hydrogens is 837 g/mol. The third-order valence-corrected chi connectivity index (χ3v) is 14.2. The molecule has 0 aliphatic rings. The molecule has 0 radical (unpaired) electrons. The minimum absolute atomic E-state index is 0.852. The van der Waals surface area contributed by atoms with Gasteiger partial charge in [0.05, 0.1) is 22.4 Å². The number of aromatic nitrogens is 1. The van der Waals surface area contributed by atoms with E-state index < -0.39 is 0 Å². The first-order valence-corrected chi connectivity index (χ1v) is 23.7. The number of benzene rings is 12. The maximum atomic E-state index is 7.01. The number of fused-ring (bicyclic) bond motifs is 11. The Hall–Kier alpha value is -9.18. The molecule has 0 aliphatic heterocycles. The van der Waals surface area contributed by atoms with Crippen molar-refractivity contribution in [2.45, 2.75) is 0 Å². The number of nitrogens with zero attached hydrogens (tertiary/aromatic N) is 2. The first-order chi connectivity index (χ1) is 34.2. The van der Waals surface area contributed by atoms with Crippen LogP contribution in [0.5, 0.6) is 0 Å². The second kappa shape index (κ2) is 15.7. The zero-order valence-corrected chi connectivity index (χ0v) is 37.6. The summed E-state index contributed by atoms with van der Waals surface area (Å²) >= 11 is 0. The molecule has 69 heavy (non-hydrogen) atoms. The molecule has 0 fully saturated rings. The van der Waals surface area contributed by atoms with E-state index in [1.165, 1.54) is 65.7 Å². The smallest absolute Gasteiger partial charge is 0.159 e. The van der Waals surface area contributed by atoms with E-state index in [2.05, 4.69) is 264 Å². The molecule has 0 saturated carbocycles. The average molecular weight is 879 g/mol. The molecule has 0 amide bonds. The Balaban J connectivity index is 0.919. The average Bonchev–Trinajstić information content (AvgIpc) is 3.98. The van der Waals surface area contributed by atoms with E-state index in [9.17, 15) is 0 Å². The van der Waals surface area contributed by atoms with Crippen molar-refractivity contribution in [3.63, 3.8) is 0 Å². The van der Waals surface area contributed by atoms with Crippen LogP contribution in [0.15, 0.2) is 259 Å². The Morgan fingerprint density at radius 2 is 0.826 bits per heavy atom. The van der Waals surface area contributed by atoms with Crippen LogP contribution in [0.2, 0.25) is 0 Å². The number of rotatable bonds is 7. The number of para-hydroxylation sites is 2. The van der Waals surface area contributed by atoms with Crippen LogP contribution in [0.1, 0.15) is 0 Å². The summed E-state index contributed by atoms with van der Waals surface area (Å²) in [6.45, 7) is 0. The van der Waals surface area contributed by atoms with Gasteiger partial charge in [0.25, 0.3) is 0 Å². The molecular formula is C66H42N2O. The quantitative estimate of drug-likeness (QED) is 0.149.